The second-order valence-electron chi connectivity index (χ2n) is 8.95. The Morgan fingerprint density at radius 3 is 1.19 bits per heavy atom. The van der Waals surface area contributed by atoms with Gasteiger partial charge in [-0.3, -0.25) is 14.4 Å². The van der Waals surface area contributed by atoms with Crippen LogP contribution in [0.1, 0.15) is 79.1 Å². The van der Waals surface area contributed by atoms with Crippen LogP contribution in [0.4, 0.5) is 0 Å². The average Bonchev–Trinajstić information content (AvgIpc) is 2.58. The van der Waals surface area contributed by atoms with Gasteiger partial charge in [0.1, 0.15) is 0 Å². The molecule has 0 saturated heterocycles. The van der Waals surface area contributed by atoms with E-state index in [9.17, 15) is 4.57 Å². The number of unbranched alkanes of at least 4 members (excludes halogenated alkanes) is 4. The standard InChI is InChI=1S/C21H49N2O2PSi/c1-8-12-16-22(17-13-9-2)20-26(24,25-27(5,6)7)21-23(18-14-10-3)19-15-11-4/h8-21H2,1-7H3. The molecule has 6 heteroatoms. The van der Waals surface area contributed by atoms with Gasteiger partial charge in [-0.1, -0.05) is 53.4 Å². The third-order valence-electron chi connectivity index (χ3n) is 4.58. The van der Waals surface area contributed by atoms with Gasteiger partial charge in [0.25, 0.3) is 0 Å². The molecule has 0 aromatic carbocycles. The predicted molar refractivity (Wildman–Crippen MR) is 125 cm³/mol. The van der Waals surface area contributed by atoms with Gasteiger partial charge in [-0.05, 0) is 71.5 Å². The minimum Gasteiger partial charge on any atom is -0.368 e. The highest BCUT2D eigenvalue weighted by Gasteiger charge is 2.34. The normalized spacial score (nSPS) is 13.1. The van der Waals surface area contributed by atoms with E-state index in [2.05, 4.69) is 57.1 Å². The summed E-state index contributed by atoms with van der Waals surface area (Å²) in [6.07, 6.45) is 10.7. The molecule has 0 amide bonds. The maximum absolute atomic E-state index is 14.0. The summed E-state index contributed by atoms with van der Waals surface area (Å²) in [5.74, 6) is 0. The van der Waals surface area contributed by atoms with Crippen molar-refractivity contribution in [2.45, 2.75) is 98.7 Å². The Kier molecular flexibility index (Phi) is 15.4. The molecule has 0 rings (SSSR count). The van der Waals surface area contributed by atoms with Crippen LogP contribution in [0.15, 0.2) is 0 Å². The summed E-state index contributed by atoms with van der Waals surface area (Å²) < 4.78 is 20.4. The van der Waals surface area contributed by atoms with Gasteiger partial charge in [0.05, 0.1) is 12.6 Å². The van der Waals surface area contributed by atoms with Gasteiger partial charge >= 0.3 is 0 Å². The van der Waals surface area contributed by atoms with E-state index in [0.717, 1.165) is 26.2 Å². The molecular weight excluding hydrogens is 371 g/mol. The Morgan fingerprint density at radius 2 is 0.963 bits per heavy atom. The molecule has 0 aromatic rings. The summed E-state index contributed by atoms with van der Waals surface area (Å²) >= 11 is 0. The largest absolute Gasteiger partial charge is 0.368 e. The monoisotopic (exact) mass is 420 g/mol. The lowest BCUT2D eigenvalue weighted by Crippen LogP contribution is -2.36. The van der Waals surface area contributed by atoms with Crippen molar-refractivity contribution in [3.8, 4) is 0 Å². The highest BCUT2D eigenvalue weighted by atomic mass is 31.2. The molecule has 164 valence electrons. The molecule has 0 atom stereocenters. The summed E-state index contributed by atoms with van der Waals surface area (Å²) in [6, 6.07) is 0. The molecule has 0 spiro atoms. The fourth-order valence-corrected chi connectivity index (χ4v) is 9.57. The lowest BCUT2D eigenvalue weighted by molar-refractivity contribution is 0.269. The van der Waals surface area contributed by atoms with Crippen molar-refractivity contribution < 1.29 is 8.78 Å². The zero-order valence-electron chi connectivity index (χ0n) is 19.6. The average molecular weight is 421 g/mol. The number of hydrogen-bond donors (Lipinski definition) is 0. The van der Waals surface area contributed by atoms with E-state index < -0.39 is 15.7 Å². The van der Waals surface area contributed by atoms with Crippen molar-refractivity contribution in [1.82, 2.24) is 9.80 Å². The molecule has 0 fully saturated rings. The SMILES string of the molecule is CCCCN(CCCC)CP(=O)(CN(CCCC)CCCC)O[Si](C)(C)C. The number of nitrogens with zero attached hydrogens (tertiary/aromatic N) is 2. The van der Waals surface area contributed by atoms with Crippen molar-refractivity contribution in [3.05, 3.63) is 0 Å². The highest BCUT2D eigenvalue weighted by Crippen LogP contribution is 2.50. The fraction of sp³-hybridized carbons (Fsp3) is 1.00. The van der Waals surface area contributed by atoms with E-state index in [1.165, 1.54) is 51.4 Å². The summed E-state index contributed by atoms with van der Waals surface area (Å²) in [5, 5.41) is 0. The summed E-state index contributed by atoms with van der Waals surface area (Å²) in [4.78, 5) is 4.84. The van der Waals surface area contributed by atoms with Gasteiger partial charge in [0.15, 0.2) is 8.32 Å². The smallest absolute Gasteiger partial charge is 0.220 e. The quantitative estimate of drug-likeness (QED) is 0.180. The van der Waals surface area contributed by atoms with Crippen molar-refractivity contribution in [1.29, 1.82) is 0 Å². The first-order valence-electron chi connectivity index (χ1n) is 11.4. The van der Waals surface area contributed by atoms with Crippen LogP contribution < -0.4 is 0 Å². The zero-order chi connectivity index (χ0) is 20.8. The zero-order valence-corrected chi connectivity index (χ0v) is 21.5. The summed E-state index contributed by atoms with van der Waals surface area (Å²) in [7, 11) is -4.57. The van der Waals surface area contributed by atoms with Crippen molar-refractivity contribution in [2.24, 2.45) is 0 Å². The molecule has 0 radical (unpaired) electrons. The molecular formula is C21H49N2O2PSi. The Balaban J connectivity index is 5.28. The minimum absolute atomic E-state index is 0.631. The van der Waals surface area contributed by atoms with Crippen LogP contribution in [0.25, 0.3) is 0 Å². The first kappa shape index (κ1) is 27.3. The van der Waals surface area contributed by atoms with Crippen LogP contribution in [0, 0.1) is 0 Å². The molecule has 0 aromatic heterocycles. The lowest BCUT2D eigenvalue weighted by Gasteiger charge is -2.35. The molecule has 0 N–H and O–H groups in total. The van der Waals surface area contributed by atoms with Crippen molar-refractivity contribution in [2.75, 3.05) is 38.8 Å². The first-order chi connectivity index (χ1) is 12.7. The molecule has 27 heavy (non-hydrogen) atoms. The third kappa shape index (κ3) is 14.9. The van der Waals surface area contributed by atoms with E-state index in [0.29, 0.717) is 12.6 Å². The third-order valence-corrected chi connectivity index (χ3v) is 9.77. The Bertz CT molecular complexity index is 360. The Morgan fingerprint density at radius 1 is 0.667 bits per heavy atom. The summed E-state index contributed by atoms with van der Waals surface area (Å²) in [5.41, 5.74) is 0. The van der Waals surface area contributed by atoms with Crippen LogP contribution in [-0.2, 0) is 8.78 Å². The Labute approximate surface area is 172 Å². The lowest BCUT2D eigenvalue weighted by atomic mass is 10.3. The molecule has 0 aliphatic carbocycles. The second-order valence-corrected chi connectivity index (χ2v) is 16.1. The number of rotatable bonds is 18. The number of hydrogen-bond acceptors (Lipinski definition) is 4. The molecule has 0 heterocycles. The van der Waals surface area contributed by atoms with Gasteiger partial charge in [0.2, 0.25) is 7.37 Å². The van der Waals surface area contributed by atoms with Crippen molar-refractivity contribution in [3.63, 3.8) is 0 Å². The van der Waals surface area contributed by atoms with E-state index in [4.69, 9.17) is 4.21 Å². The van der Waals surface area contributed by atoms with Crippen LogP contribution in [0.2, 0.25) is 19.6 Å². The van der Waals surface area contributed by atoms with E-state index in [-0.39, 0.29) is 0 Å². The molecule has 0 aliphatic rings. The maximum Gasteiger partial charge on any atom is 0.220 e. The second kappa shape index (κ2) is 15.2. The highest BCUT2D eigenvalue weighted by molar-refractivity contribution is 7.60. The van der Waals surface area contributed by atoms with Gasteiger partial charge in [0, 0.05) is 0 Å². The maximum atomic E-state index is 14.0. The van der Waals surface area contributed by atoms with Crippen LogP contribution in [0.5, 0.6) is 0 Å². The Hall–Kier alpha value is 0.327. The minimum atomic E-state index is -2.70. The van der Waals surface area contributed by atoms with Crippen LogP contribution in [0.3, 0.4) is 0 Å². The van der Waals surface area contributed by atoms with Crippen LogP contribution in [-0.4, -0.2) is 56.9 Å². The van der Waals surface area contributed by atoms with E-state index in [1.807, 2.05) is 0 Å². The fourth-order valence-electron chi connectivity index (χ4n) is 3.24. The van der Waals surface area contributed by atoms with E-state index in [1.54, 1.807) is 0 Å². The van der Waals surface area contributed by atoms with Gasteiger partial charge < -0.3 is 4.21 Å². The van der Waals surface area contributed by atoms with Crippen molar-refractivity contribution >= 4 is 15.7 Å². The molecule has 0 unspecified atom stereocenters. The molecule has 0 aliphatic heterocycles. The van der Waals surface area contributed by atoms with Gasteiger partial charge in [-0.25, -0.2) is 0 Å². The topological polar surface area (TPSA) is 32.8 Å². The molecule has 0 saturated carbocycles. The van der Waals surface area contributed by atoms with Crippen LogP contribution >= 0.6 is 7.37 Å². The predicted octanol–water partition coefficient (Wildman–Crippen LogP) is 6.84. The summed E-state index contributed by atoms with van der Waals surface area (Å²) in [6.45, 7) is 19.6. The molecule has 4 nitrogen and oxygen atoms in total. The van der Waals surface area contributed by atoms with E-state index >= 15 is 0 Å². The molecule has 0 bridgehead atoms. The van der Waals surface area contributed by atoms with Gasteiger partial charge in [-0.2, -0.15) is 0 Å². The first-order valence-corrected chi connectivity index (χ1v) is 16.8. The van der Waals surface area contributed by atoms with Gasteiger partial charge in [-0.15, -0.1) is 0 Å².